The van der Waals surface area contributed by atoms with Crippen LogP contribution < -0.4 is 5.32 Å². The van der Waals surface area contributed by atoms with Crippen molar-refractivity contribution in [1.29, 1.82) is 0 Å². The lowest BCUT2D eigenvalue weighted by atomic mass is 10.2. The smallest absolute Gasteiger partial charge is 0.354 e. The Morgan fingerprint density at radius 1 is 1.25 bits per heavy atom. The maximum atomic E-state index is 11.9. The summed E-state index contributed by atoms with van der Waals surface area (Å²) in [6.45, 7) is 1.88. The Kier molecular flexibility index (Phi) is 4.09. The van der Waals surface area contributed by atoms with Crippen LogP contribution in [0.5, 0.6) is 0 Å². The third-order valence-electron chi connectivity index (χ3n) is 2.53. The van der Waals surface area contributed by atoms with Crippen molar-refractivity contribution in [2.45, 2.75) is 6.92 Å². The number of anilines is 1. The minimum absolute atomic E-state index is 0.112. The molecule has 2 aromatic heterocycles. The Morgan fingerprint density at radius 2 is 2.00 bits per heavy atom. The van der Waals surface area contributed by atoms with Crippen LogP contribution in [0.4, 0.5) is 5.82 Å². The van der Waals surface area contributed by atoms with E-state index in [2.05, 4.69) is 31.2 Å². The zero-order chi connectivity index (χ0) is 14.7. The second kappa shape index (κ2) is 5.79. The summed E-state index contributed by atoms with van der Waals surface area (Å²) in [5.74, 6) is -1.12. The van der Waals surface area contributed by atoms with E-state index in [9.17, 15) is 9.59 Å². The molecule has 0 spiro atoms. The van der Waals surface area contributed by atoms with Crippen LogP contribution >= 0.6 is 15.9 Å². The number of hydrogen-bond donors (Lipinski definition) is 2. The van der Waals surface area contributed by atoms with Gasteiger partial charge >= 0.3 is 5.97 Å². The highest BCUT2D eigenvalue weighted by molar-refractivity contribution is 9.10. The van der Waals surface area contributed by atoms with Crippen molar-refractivity contribution in [3.8, 4) is 0 Å². The maximum absolute atomic E-state index is 11.9. The average molecular weight is 336 g/mol. The lowest BCUT2D eigenvalue weighted by molar-refractivity contribution is 0.0690. The maximum Gasteiger partial charge on any atom is 0.354 e. The molecule has 0 saturated carbocycles. The van der Waals surface area contributed by atoms with E-state index in [-0.39, 0.29) is 11.3 Å². The Hall–Kier alpha value is -2.28. The zero-order valence-corrected chi connectivity index (χ0v) is 12.0. The van der Waals surface area contributed by atoms with Crippen molar-refractivity contribution in [2.24, 2.45) is 0 Å². The van der Waals surface area contributed by atoms with E-state index >= 15 is 0 Å². The number of carbonyl (C=O) groups is 2. The quantitative estimate of drug-likeness (QED) is 0.898. The lowest BCUT2D eigenvalue weighted by Crippen LogP contribution is -2.14. The highest BCUT2D eigenvalue weighted by Gasteiger charge is 2.10. The van der Waals surface area contributed by atoms with Crippen LogP contribution in [0.1, 0.15) is 26.4 Å². The van der Waals surface area contributed by atoms with Gasteiger partial charge in [-0.1, -0.05) is 0 Å². The molecule has 6 nitrogen and oxygen atoms in total. The molecule has 102 valence electrons. The fraction of sp³-hybridized carbons (Fsp3) is 0.0769. The Morgan fingerprint density at radius 3 is 2.55 bits per heavy atom. The molecule has 20 heavy (non-hydrogen) atoms. The van der Waals surface area contributed by atoms with E-state index in [1.165, 1.54) is 18.3 Å². The summed E-state index contributed by atoms with van der Waals surface area (Å²) in [4.78, 5) is 30.3. The monoisotopic (exact) mass is 335 g/mol. The van der Waals surface area contributed by atoms with E-state index in [1.807, 2.05) is 6.92 Å². The van der Waals surface area contributed by atoms with Crippen molar-refractivity contribution in [1.82, 2.24) is 9.97 Å². The fourth-order valence-electron chi connectivity index (χ4n) is 1.45. The number of rotatable bonds is 3. The van der Waals surface area contributed by atoms with Gasteiger partial charge in [0.2, 0.25) is 0 Å². The summed E-state index contributed by atoms with van der Waals surface area (Å²) in [5, 5.41) is 11.3. The van der Waals surface area contributed by atoms with Crippen molar-refractivity contribution >= 4 is 33.6 Å². The topological polar surface area (TPSA) is 92.2 Å². The third kappa shape index (κ3) is 3.18. The molecule has 0 aliphatic rings. The number of amides is 1. The van der Waals surface area contributed by atoms with Gasteiger partial charge in [0.05, 0.1) is 5.56 Å². The van der Waals surface area contributed by atoms with Crippen molar-refractivity contribution in [3.63, 3.8) is 0 Å². The molecule has 0 atom stereocenters. The number of hydrogen-bond acceptors (Lipinski definition) is 4. The Labute approximate surface area is 123 Å². The second-order valence-electron chi connectivity index (χ2n) is 4.01. The molecule has 0 radical (unpaired) electrons. The van der Waals surface area contributed by atoms with Crippen LogP contribution in [0.15, 0.2) is 35.1 Å². The first-order valence-corrected chi connectivity index (χ1v) is 6.39. The van der Waals surface area contributed by atoms with Gasteiger partial charge in [-0.3, -0.25) is 4.79 Å². The number of nitrogens with one attached hydrogen (secondary N) is 1. The number of pyridine rings is 2. The molecule has 0 aliphatic heterocycles. The molecule has 0 aliphatic carbocycles. The SMILES string of the molecule is Cc1cc(NC(=O)c2ccc(C(=O)O)nc2)ncc1Br. The van der Waals surface area contributed by atoms with Crippen molar-refractivity contribution in [3.05, 3.63) is 51.9 Å². The molecule has 2 rings (SSSR count). The zero-order valence-electron chi connectivity index (χ0n) is 10.4. The number of carbonyl (C=O) groups excluding carboxylic acids is 1. The van der Waals surface area contributed by atoms with Crippen LogP contribution in [0.2, 0.25) is 0 Å². The van der Waals surface area contributed by atoms with E-state index in [4.69, 9.17) is 5.11 Å². The molecule has 0 bridgehead atoms. The van der Waals surface area contributed by atoms with Crippen LogP contribution in [-0.2, 0) is 0 Å². The van der Waals surface area contributed by atoms with Gasteiger partial charge in [0, 0.05) is 16.9 Å². The normalized spacial score (nSPS) is 10.1. The van der Waals surface area contributed by atoms with Gasteiger partial charge in [0.15, 0.2) is 0 Å². The standard InChI is InChI=1S/C13H10BrN3O3/c1-7-4-11(16-6-9(7)14)17-12(18)8-2-3-10(13(19)20)15-5-8/h2-6H,1H3,(H,19,20)(H,16,17,18). The van der Waals surface area contributed by atoms with Crippen LogP contribution in [0.25, 0.3) is 0 Å². The van der Waals surface area contributed by atoms with E-state index in [1.54, 1.807) is 12.3 Å². The van der Waals surface area contributed by atoms with Gasteiger partial charge in [-0.15, -0.1) is 0 Å². The Bertz CT molecular complexity index is 671. The number of carboxylic acids is 1. The molecule has 2 heterocycles. The summed E-state index contributed by atoms with van der Waals surface area (Å²) in [6, 6.07) is 4.40. The summed E-state index contributed by atoms with van der Waals surface area (Å²) in [6.07, 6.45) is 2.81. The van der Waals surface area contributed by atoms with Gasteiger partial charge in [0.1, 0.15) is 11.5 Å². The summed E-state index contributed by atoms with van der Waals surface area (Å²) >= 11 is 3.32. The number of halogens is 1. The number of aryl methyl sites for hydroxylation is 1. The summed E-state index contributed by atoms with van der Waals surface area (Å²) in [7, 11) is 0. The molecule has 2 aromatic rings. The Balaban J connectivity index is 2.15. The van der Waals surface area contributed by atoms with Gasteiger partial charge in [0.25, 0.3) is 5.91 Å². The predicted octanol–water partition coefficient (Wildman–Crippen LogP) is 2.50. The minimum atomic E-state index is -1.14. The lowest BCUT2D eigenvalue weighted by Gasteiger charge is -2.06. The van der Waals surface area contributed by atoms with Gasteiger partial charge in [-0.2, -0.15) is 0 Å². The molecule has 7 heteroatoms. The van der Waals surface area contributed by atoms with Gasteiger partial charge < -0.3 is 10.4 Å². The first-order valence-electron chi connectivity index (χ1n) is 5.60. The first-order chi connectivity index (χ1) is 9.47. The predicted molar refractivity (Wildman–Crippen MR) is 75.8 cm³/mol. The largest absolute Gasteiger partial charge is 0.477 e. The number of aromatic nitrogens is 2. The average Bonchev–Trinajstić information content (AvgIpc) is 2.43. The third-order valence-corrected chi connectivity index (χ3v) is 3.36. The van der Waals surface area contributed by atoms with E-state index < -0.39 is 11.9 Å². The second-order valence-corrected chi connectivity index (χ2v) is 4.86. The number of nitrogens with zero attached hydrogens (tertiary/aromatic N) is 2. The molecular formula is C13H10BrN3O3. The van der Waals surface area contributed by atoms with Crippen LogP contribution in [-0.4, -0.2) is 27.0 Å². The fourth-order valence-corrected chi connectivity index (χ4v) is 1.67. The van der Waals surface area contributed by atoms with E-state index in [0.717, 1.165) is 10.0 Å². The molecule has 0 aromatic carbocycles. The van der Waals surface area contributed by atoms with Crippen molar-refractivity contribution in [2.75, 3.05) is 5.32 Å². The van der Waals surface area contributed by atoms with E-state index in [0.29, 0.717) is 5.82 Å². The molecule has 0 saturated heterocycles. The molecule has 2 N–H and O–H groups in total. The number of aromatic carboxylic acids is 1. The van der Waals surface area contributed by atoms with Crippen LogP contribution in [0, 0.1) is 6.92 Å². The van der Waals surface area contributed by atoms with Crippen LogP contribution in [0.3, 0.4) is 0 Å². The molecule has 0 fully saturated rings. The molecule has 1 amide bonds. The highest BCUT2D eigenvalue weighted by Crippen LogP contribution is 2.17. The molecule has 0 unspecified atom stereocenters. The number of carboxylic acid groups (broad SMARTS) is 1. The van der Waals surface area contributed by atoms with Crippen molar-refractivity contribution < 1.29 is 14.7 Å². The first kappa shape index (κ1) is 14.1. The highest BCUT2D eigenvalue weighted by atomic mass is 79.9. The van der Waals surface area contributed by atoms with Gasteiger partial charge in [-0.05, 0) is 46.6 Å². The summed E-state index contributed by atoms with van der Waals surface area (Å²) < 4.78 is 0.850. The van der Waals surface area contributed by atoms with Gasteiger partial charge in [-0.25, -0.2) is 14.8 Å². The summed E-state index contributed by atoms with van der Waals surface area (Å²) in [5.41, 5.74) is 1.09. The molecular weight excluding hydrogens is 326 g/mol. The minimum Gasteiger partial charge on any atom is -0.477 e.